The number of aromatic nitrogens is 1. The Labute approximate surface area is 117 Å². The number of hydrogen-bond acceptors (Lipinski definition) is 3. The predicted molar refractivity (Wildman–Crippen MR) is 77.5 cm³/mol. The Balaban J connectivity index is 1.75. The third-order valence-electron chi connectivity index (χ3n) is 3.85. The van der Waals surface area contributed by atoms with Crippen LogP contribution in [0.15, 0.2) is 30.5 Å². The molecule has 0 spiro atoms. The van der Waals surface area contributed by atoms with Gasteiger partial charge in [-0.25, -0.2) is 8.42 Å². The van der Waals surface area contributed by atoms with Gasteiger partial charge >= 0.3 is 0 Å². The maximum absolute atomic E-state index is 12.3. The minimum absolute atomic E-state index is 0.101. The summed E-state index contributed by atoms with van der Waals surface area (Å²) in [6.07, 6.45) is 1.83. The van der Waals surface area contributed by atoms with Gasteiger partial charge in [-0.1, -0.05) is 6.92 Å². The lowest BCUT2D eigenvalue weighted by molar-refractivity contribution is 0.0659. The fourth-order valence-corrected chi connectivity index (χ4v) is 3.72. The van der Waals surface area contributed by atoms with Crippen LogP contribution in [0.4, 0.5) is 0 Å². The summed E-state index contributed by atoms with van der Waals surface area (Å²) in [5, 5.41) is 0.585. The lowest BCUT2D eigenvalue weighted by atomic mass is 10.1. The molecule has 1 aliphatic rings. The highest BCUT2D eigenvalue weighted by Gasteiger charge is 2.38. The molecule has 1 aromatic carbocycles. The van der Waals surface area contributed by atoms with Crippen molar-refractivity contribution in [3.63, 3.8) is 0 Å². The zero-order valence-corrected chi connectivity index (χ0v) is 12.0. The summed E-state index contributed by atoms with van der Waals surface area (Å²) < 4.78 is 23.4. The maximum Gasteiger partial charge on any atom is 0.253 e. The molecule has 5 nitrogen and oxygen atoms in total. The molecule has 2 heterocycles. The summed E-state index contributed by atoms with van der Waals surface area (Å²) in [6.45, 7) is 2.25. The Bertz CT molecular complexity index is 758. The molecule has 106 valence electrons. The van der Waals surface area contributed by atoms with E-state index in [1.807, 2.05) is 24.4 Å². The Kier molecular flexibility index (Phi) is 3.05. The monoisotopic (exact) mass is 292 g/mol. The third-order valence-corrected chi connectivity index (χ3v) is 5.96. The van der Waals surface area contributed by atoms with Crippen molar-refractivity contribution in [2.75, 3.05) is 18.8 Å². The van der Waals surface area contributed by atoms with Crippen LogP contribution >= 0.6 is 0 Å². The molecule has 2 aromatic rings. The molecule has 0 unspecified atom stereocenters. The summed E-state index contributed by atoms with van der Waals surface area (Å²) in [5.74, 6) is 0.0327. The number of carbonyl (C=O) groups excluding carboxylic acids is 1. The van der Waals surface area contributed by atoms with E-state index in [1.165, 1.54) is 0 Å². The molecule has 1 saturated heterocycles. The number of likely N-dealkylation sites (tertiary alicyclic amines) is 1. The smallest absolute Gasteiger partial charge is 0.253 e. The van der Waals surface area contributed by atoms with Gasteiger partial charge in [-0.3, -0.25) is 4.79 Å². The van der Waals surface area contributed by atoms with E-state index in [4.69, 9.17) is 0 Å². The van der Waals surface area contributed by atoms with Gasteiger partial charge in [-0.2, -0.15) is 0 Å². The number of nitrogens with one attached hydrogen (secondary N) is 1. The molecule has 1 amide bonds. The number of sulfone groups is 1. The van der Waals surface area contributed by atoms with Crippen molar-refractivity contribution in [1.29, 1.82) is 0 Å². The summed E-state index contributed by atoms with van der Waals surface area (Å²) in [6, 6.07) is 7.37. The summed E-state index contributed by atoms with van der Waals surface area (Å²) in [7, 11) is -3.03. The number of amides is 1. The number of aromatic amines is 1. The Hall–Kier alpha value is -1.82. The highest BCUT2D eigenvalue weighted by atomic mass is 32.2. The first-order valence-electron chi connectivity index (χ1n) is 6.59. The fraction of sp³-hybridized carbons (Fsp3) is 0.357. The van der Waals surface area contributed by atoms with E-state index in [-0.39, 0.29) is 11.7 Å². The van der Waals surface area contributed by atoms with Gasteiger partial charge in [0.2, 0.25) is 0 Å². The van der Waals surface area contributed by atoms with E-state index in [0.29, 0.717) is 18.7 Å². The highest BCUT2D eigenvalue weighted by Crippen LogP contribution is 2.21. The van der Waals surface area contributed by atoms with Crippen LogP contribution in [0.3, 0.4) is 0 Å². The lowest BCUT2D eigenvalue weighted by Crippen LogP contribution is -2.57. The van der Waals surface area contributed by atoms with Gasteiger partial charge in [0.05, 0.1) is 5.25 Å². The number of benzene rings is 1. The summed E-state index contributed by atoms with van der Waals surface area (Å²) >= 11 is 0. The van der Waals surface area contributed by atoms with Gasteiger partial charge < -0.3 is 9.88 Å². The maximum atomic E-state index is 12.3. The van der Waals surface area contributed by atoms with E-state index in [1.54, 1.807) is 17.9 Å². The molecule has 1 fully saturated rings. The minimum Gasteiger partial charge on any atom is -0.361 e. The Morgan fingerprint density at radius 2 is 2.10 bits per heavy atom. The summed E-state index contributed by atoms with van der Waals surface area (Å²) in [4.78, 5) is 16.9. The van der Waals surface area contributed by atoms with Gasteiger partial charge in [0.1, 0.15) is 0 Å². The molecule has 1 aliphatic heterocycles. The molecule has 20 heavy (non-hydrogen) atoms. The van der Waals surface area contributed by atoms with Gasteiger partial charge in [0.25, 0.3) is 5.91 Å². The SMILES string of the molecule is CCS(=O)(=O)C1CN(C(=O)c2ccc3[nH]ccc3c2)C1. The van der Waals surface area contributed by atoms with Gasteiger partial charge in [-0.05, 0) is 24.3 Å². The van der Waals surface area contributed by atoms with E-state index in [2.05, 4.69) is 4.98 Å². The number of nitrogens with zero attached hydrogens (tertiary/aromatic N) is 1. The molecule has 6 heteroatoms. The number of H-pyrrole nitrogens is 1. The molecule has 0 saturated carbocycles. The molecular formula is C14H16N2O3S. The van der Waals surface area contributed by atoms with Gasteiger partial charge in [-0.15, -0.1) is 0 Å². The van der Waals surface area contributed by atoms with Crippen molar-refractivity contribution < 1.29 is 13.2 Å². The van der Waals surface area contributed by atoms with Crippen molar-refractivity contribution >= 4 is 26.6 Å². The quantitative estimate of drug-likeness (QED) is 0.930. The van der Waals surface area contributed by atoms with Crippen molar-refractivity contribution in [1.82, 2.24) is 9.88 Å². The topological polar surface area (TPSA) is 70.2 Å². The second kappa shape index (κ2) is 4.63. The normalized spacial score (nSPS) is 16.4. The van der Waals surface area contributed by atoms with Crippen LogP contribution < -0.4 is 0 Å². The molecule has 0 bridgehead atoms. The molecule has 0 radical (unpaired) electrons. The zero-order chi connectivity index (χ0) is 14.3. The van der Waals surface area contributed by atoms with Crippen LogP contribution in [-0.4, -0.2) is 48.3 Å². The van der Waals surface area contributed by atoms with Crippen LogP contribution in [0.1, 0.15) is 17.3 Å². The molecule has 1 aromatic heterocycles. The summed E-state index contributed by atoms with van der Waals surface area (Å²) in [5.41, 5.74) is 1.58. The second-order valence-corrected chi connectivity index (χ2v) is 7.63. The van der Waals surface area contributed by atoms with Gasteiger partial charge in [0.15, 0.2) is 9.84 Å². The third kappa shape index (κ3) is 2.10. The largest absolute Gasteiger partial charge is 0.361 e. The van der Waals surface area contributed by atoms with Crippen molar-refractivity contribution in [2.45, 2.75) is 12.2 Å². The Morgan fingerprint density at radius 1 is 1.35 bits per heavy atom. The minimum atomic E-state index is -3.03. The molecule has 0 aliphatic carbocycles. The van der Waals surface area contributed by atoms with E-state index in [9.17, 15) is 13.2 Å². The van der Waals surface area contributed by atoms with E-state index < -0.39 is 15.1 Å². The van der Waals surface area contributed by atoms with Crippen LogP contribution in [0.25, 0.3) is 10.9 Å². The zero-order valence-electron chi connectivity index (χ0n) is 11.2. The number of rotatable bonds is 3. The van der Waals surface area contributed by atoms with Crippen LogP contribution in [0, 0.1) is 0 Å². The first-order valence-corrected chi connectivity index (χ1v) is 8.31. The fourth-order valence-electron chi connectivity index (χ4n) is 2.44. The van der Waals surface area contributed by atoms with Gasteiger partial charge in [0, 0.05) is 41.5 Å². The molecule has 1 N–H and O–H groups in total. The lowest BCUT2D eigenvalue weighted by Gasteiger charge is -2.38. The predicted octanol–water partition coefficient (Wildman–Crippen LogP) is 1.43. The number of fused-ring (bicyclic) bond motifs is 1. The Morgan fingerprint density at radius 3 is 2.80 bits per heavy atom. The molecule has 3 rings (SSSR count). The number of carbonyl (C=O) groups is 1. The average Bonchev–Trinajstić information content (AvgIpc) is 2.83. The van der Waals surface area contributed by atoms with Crippen LogP contribution in [-0.2, 0) is 9.84 Å². The van der Waals surface area contributed by atoms with Crippen LogP contribution in [0.2, 0.25) is 0 Å². The van der Waals surface area contributed by atoms with E-state index >= 15 is 0 Å². The van der Waals surface area contributed by atoms with Crippen molar-refractivity contribution in [2.24, 2.45) is 0 Å². The molecular weight excluding hydrogens is 276 g/mol. The highest BCUT2D eigenvalue weighted by molar-refractivity contribution is 7.92. The standard InChI is InChI=1S/C14H16N2O3S/c1-2-20(18,19)12-8-16(9-12)14(17)11-3-4-13-10(7-11)5-6-15-13/h3-7,12,15H,2,8-9H2,1H3. The first-order chi connectivity index (χ1) is 9.51. The number of hydrogen-bond donors (Lipinski definition) is 1. The van der Waals surface area contributed by atoms with E-state index in [0.717, 1.165) is 10.9 Å². The van der Waals surface area contributed by atoms with Crippen LogP contribution in [0.5, 0.6) is 0 Å². The molecule has 0 atom stereocenters. The first kappa shape index (κ1) is 13.2. The second-order valence-electron chi connectivity index (χ2n) is 5.06. The van der Waals surface area contributed by atoms with Crippen molar-refractivity contribution in [3.8, 4) is 0 Å². The van der Waals surface area contributed by atoms with Crippen molar-refractivity contribution in [3.05, 3.63) is 36.0 Å². The average molecular weight is 292 g/mol.